The minimum absolute atomic E-state index is 0.567. The van der Waals surface area contributed by atoms with E-state index in [1.807, 2.05) is 0 Å². The fourth-order valence-corrected chi connectivity index (χ4v) is 3.63. The molecule has 0 aromatic carbocycles. The van der Waals surface area contributed by atoms with Gasteiger partial charge in [0.2, 0.25) is 5.91 Å². The number of rotatable bonds is 8. The summed E-state index contributed by atoms with van der Waals surface area (Å²) in [6.45, 7) is -0.539. The molecule has 15 heteroatoms. The zero-order valence-corrected chi connectivity index (χ0v) is 17.1. The summed E-state index contributed by atoms with van der Waals surface area (Å²) in [6, 6.07) is -2.35. The molecule has 2 rings (SSSR count). The molecule has 0 spiro atoms. The number of aliphatic hydroxyl groups is 7. The van der Waals surface area contributed by atoms with Gasteiger partial charge in [-0.2, -0.15) is 0 Å². The topological polar surface area (TPSA) is 262 Å². The van der Waals surface area contributed by atoms with Crippen molar-refractivity contribution in [2.24, 2.45) is 5.73 Å². The van der Waals surface area contributed by atoms with Gasteiger partial charge in [0, 0.05) is 19.4 Å². The van der Waals surface area contributed by atoms with Gasteiger partial charge in [0.15, 0.2) is 6.29 Å². The van der Waals surface area contributed by atoms with Gasteiger partial charge < -0.3 is 66.1 Å². The van der Waals surface area contributed by atoms with Crippen LogP contribution < -0.4 is 11.1 Å². The summed E-state index contributed by atoms with van der Waals surface area (Å²) in [4.78, 5) is 23.6. The maximum Gasteiger partial charge on any atom is 0.364 e. The van der Waals surface area contributed by atoms with Crippen molar-refractivity contribution in [3.05, 3.63) is 0 Å². The lowest BCUT2D eigenvalue weighted by molar-refractivity contribution is -0.327. The number of hydrogen-bond acceptors (Lipinski definition) is 13. The lowest BCUT2D eigenvalue weighted by atomic mass is 9.87. The van der Waals surface area contributed by atoms with Gasteiger partial charge in [-0.1, -0.05) is 0 Å². The average molecular weight is 470 g/mol. The van der Waals surface area contributed by atoms with E-state index in [0.717, 1.165) is 6.92 Å². The van der Waals surface area contributed by atoms with Crippen LogP contribution in [0.4, 0.5) is 0 Å². The van der Waals surface area contributed by atoms with E-state index in [0.29, 0.717) is 0 Å². The predicted molar refractivity (Wildman–Crippen MR) is 99.4 cm³/mol. The largest absolute Gasteiger partial charge is 0.477 e. The van der Waals surface area contributed by atoms with Crippen molar-refractivity contribution in [2.75, 3.05) is 13.2 Å². The van der Waals surface area contributed by atoms with Gasteiger partial charge in [-0.05, 0) is 0 Å². The highest BCUT2D eigenvalue weighted by Crippen LogP contribution is 2.33. The Hall–Kier alpha value is -1.50. The third-order valence-electron chi connectivity index (χ3n) is 5.43. The van der Waals surface area contributed by atoms with Crippen LogP contribution in [0.1, 0.15) is 13.3 Å². The number of carbonyl (C=O) groups excluding carboxylic acids is 1. The van der Waals surface area contributed by atoms with Crippen LogP contribution in [0.3, 0.4) is 0 Å². The van der Waals surface area contributed by atoms with Crippen molar-refractivity contribution in [1.29, 1.82) is 0 Å². The van der Waals surface area contributed by atoms with Crippen LogP contribution in [0.2, 0.25) is 0 Å². The molecule has 32 heavy (non-hydrogen) atoms. The van der Waals surface area contributed by atoms with Crippen molar-refractivity contribution < 1.29 is 64.7 Å². The zero-order valence-electron chi connectivity index (χ0n) is 17.1. The van der Waals surface area contributed by atoms with E-state index in [1.54, 1.807) is 0 Å². The molecule has 2 heterocycles. The van der Waals surface area contributed by atoms with Crippen LogP contribution in [-0.4, -0.2) is 133 Å². The molecule has 11 N–H and O–H groups in total. The Morgan fingerprint density at radius 2 is 1.81 bits per heavy atom. The molecule has 1 amide bonds. The molecule has 2 aliphatic heterocycles. The second-order valence-electron chi connectivity index (χ2n) is 7.82. The third-order valence-corrected chi connectivity index (χ3v) is 5.43. The van der Waals surface area contributed by atoms with Crippen molar-refractivity contribution in [3.8, 4) is 0 Å². The number of ether oxygens (including phenoxy) is 3. The molecule has 0 saturated carbocycles. The SMILES string of the molecule is CC(=O)N[C@H]1[C@H]([C@H](O)[C@H](O)CO)OC(OC[C@H]2O[C@H](O)[C@H](O)[C@@H](O)[C@H]2O)(C(=O)O)C[C@@H]1N. The second kappa shape index (κ2) is 10.6. The minimum Gasteiger partial charge on any atom is -0.477 e. The van der Waals surface area contributed by atoms with Crippen LogP contribution in [0.5, 0.6) is 0 Å². The standard InChI is InChI=1S/C17H30N2O13/c1-5(21)19-9-6(18)2-17(16(28)29,32-14(9)10(23)7(22)3-20)30-4-8-11(24)12(25)13(26)15(27)31-8/h6-15,20,22-27H,2-4,18H2,1H3,(H,19,21)(H,28,29)/t6-,7+,8+,9+,10+,11-,12-,13+,14+,15-,17?/m0/s1. The molecule has 2 aliphatic rings. The van der Waals surface area contributed by atoms with E-state index in [2.05, 4.69) is 5.32 Å². The van der Waals surface area contributed by atoms with Gasteiger partial charge in [0.05, 0.1) is 19.3 Å². The van der Waals surface area contributed by atoms with Crippen LogP contribution in [0.15, 0.2) is 0 Å². The van der Waals surface area contributed by atoms with Gasteiger partial charge in [-0.25, -0.2) is 4.79 Å². The number of carboxylic acid groups (broad SMARTS) is 1. The summed E-state index contributed by atoms with van der Waals surface area (Å²) >= 11 is 0. The molecule has 0 aliphatic carbocycles. The van der Waals surface area contributed by atoms with E-state index >= 15 is 0 Å². The van der Waals surface area contributed by atoms with Crippen molar-refractivity contribution in [1.82, 2.24) is 5.32 Å². The summed E-state index contributed by atoms with van der Waals surface area (Å²) in [5.41, 5.74) is 6.02. The summed E-state index contributed by atoms with van der Waals surface area (Å²) in [5, 5.41) is 80.5. The van der Waals surface area contributed by atoms with Crippen LogP contribution in [0, 0.1) is 0 Å². The lowest BCUT2D eigenvalue weighted by Crippen LogP contribution is -2.70. The normalized spacial score (nSPS) is 42.2. The van der Waals surface area contributed by atoms with Gasteiger partial charge in [-0.3, -0.25) is 4.79 Å². The molecular formula is C17H30N2O13. The van der Waals surface area contributed by atoms with E-state index in [4.69, 9.17) is 25.1 Å². The summed E-state index contributed by atoms with van der Waals surface area (Å²) in [7, 11) is 0. The maximum atomic E-state index is 12.1. The first kappa shape index (κ1) is 26.7. The Bertz CT molecular complexity index is 668. The molecule has 2 fully saturated rings. The summed E-state index contributed by atoms with van der Waals surface area (Å²) in [6.07, 6.45) is -14.6. The van der Waals surface area contributed by atoms with Crippen LogP contribution >= 0.6 is 0 Å². The molecule has 186 valence electrons. The van der Waals surface area contributed by atoms with Gasteiger partial charge >= 0.3 is 5.97 Å². The number of aliphatic hydroxyl groups excluding tert-OH is 7. The molecule has 0 aromatic rings. The minimum atomic E-state index is -2.57. The zero-order chi connectivity index (χ0) is 24.4. The van der Waals surface area contributed by atoms with E-state index in [9.17, 15) is 45.3 Å². The van der Waals surface area contributed by atoms with Gasteiger partial charge in [0.25, 0.3) is 5.79 Å². The predicted octanol–water partition coefficient (Wildman–Crippen LogP) is -6.08. The Balaban J connectivity index is 2.27. The van der Waals surface area contributed by atoms with Gasteiger partial charge in [0.1, 0.15) is 42.7 Å². The number of nitrogens with two attached hydrogens (primary N) is 1. The Morgan fingerprint density at radius 3 is 2.34 bits per heavy atom. The van der Waals surface area contributed by atoms with Crippen molar-refractivity contribution in [3.63, 3.8) is 0 Å². The molecule has 0 aromatic heterocycles. The van der Waals surface area contributed by atoms with Crippen molar-refractivity contribution >= 4 is 11.9 Å². The molecule has 1 unspecified atom stereocenters. The molecular weight excluding hydrogens is 440 g/mol. The fourth-order valence-electron chi connectivity index (χ4n) is 3.63. The highest BCUT2D eigenvalue weighted by atomic mass is 16.7. The first-order chi connectivity index (χ1) is 14.8. The number of amides is 1. The Labute approximate surface area is 181 Å². The quantitative estimate of drug-likeness (QED) is 0.158. The number of aliphatic carboxylic acids is 1. The molecule has 2 saturated heterocycles. The summed E-state index contributed by atoms with van der Waals surface area (Å²) < 4.78 is 15.7. The summed E-state index contributed by atoms with van der Waals surface area (Å²) in [5.74, 6) is -4.87. The monoisotopic (exact) mass is 470 g/mol. The average Bonchev–Trinajstić information content (AvgIpc) is 2.73. The number of carboxylic acids is 1. The van der Waals surface area contributed by atoms with E-state index in [1.165, 1.54) is 0 Å². The van der Waals surface area contributed by atoms with Crippen LogP contribution in [0.25, 0.3) is 0 Å². The number of nitrogens with one attached hydrogen (secondary N) is 1. The van der Waals surface area contributed by atoms with Gasteiger partial charge in [-0.15, -0.1) is 0 Å². The molecule has 11 atom stereocenters. The highest BCUT2D eigenvalue weighted by Gasteiger charge is 2.56. The second-order valence-corrected chi connectivity index (χ2v) is 7.82. The van der Waals surface area contributed by atoms with E-state index < -0.39 is 98.4 Å². The maximum absolute atomic E-state index is 12.1. The van der Waals surface area contributed by atoms with Crippen LogP contribution in [-0.2, 0) is 23.8 Å². The lowest BCUT2D eigenvalue weighted by Gasteiger charge is -2.47. The fraction of sp³-hybridized carbons (Fsp3) is 0.882. The Morgan fingerprint density at radius 1 is 1.19 bits per heavy atom. The highest BCUT2D eigenvalue weighted by molar-refractivity contribution is 5.76. The first-order valence-corrected chi connectivity index (χ1v) is 9.77. The number of hydrogen-bond donors (Lipinski definition) is 10. The molecule has 0 radical (unpaired) electrons. The first-order valence-electron chi connectivity index (χ1n) is 9.77. The number of carbonyl (C=O) groups is 2. The van der Waals surface area contributed by atoms with E-state index in [-0.39, 0.29) is 0 Å². The molecule has 15 nitrogen and oxygen atoms in total. The molecule has 0 bridgehead atoms. The Kier molecular flexibility index (Phi) is 8.88. The smallest absolute Gasteiger partial charge is 0.364 e. The third kappa shape index (κ3) is 5.52. The van der Waals surface area contributed by atoms with Crippen molar-refractivity contribution in [2.45, 2.75) is 80.2 Å².